The zero-order valence-electron chi connectivity index (χ0n) is 21.9. The Hall–Kier alpha value is -4.84. The predicted octanol–water partition coefficient (Wildman–Crippen LogP) is 10.4. The highest BCUT2D eigenvalue weighted by Crippen LogP contribution is 2.50. The number of fused-ring (bicyclic) bond motifs is 4. The van der Waals surface area contributed by atoms with Gasteiger partial charge in [0, 0.05) is 42.9 Å². The number of aromatic nitrogens is 1. The van der Waals surface area contributed by atoms with E-state index in [-0.39, 0.29) is 0 Å². The first kappa shape index (κ1) is 23.1. The van der Waals surface area contributed by atoms with Crippen molar-refractivity contribution in [3.63, 3.8) is 0 Å². The number of nitrogens with zero attached hydrogens (tertiary/aromatic N) is 1. The van der Waals surface area contributed by atoms with E-state index in [0.717, 1.165) is 18.4 Å². The van der Waals surface area contributed by atoms with Gasteiger partial charge in [-0.15, -0.1) is 11.3 Å². The lowest BCUT2D eigenvalue weighted by Crippen LogP contribution is -1.95. The smallest absolute Gasteiger partial charge is 0.0548 e. The van der Waals surface area contributed by atoms with Crippen molar-refractivity contribution >= 4 is 39.2 Å². The van der Waals surface area contributed by atoms with Crippen molar-refractivity contribution in [3.05, 3.63) is 145 Å². The Bertz CT molecular complexity index is 2030. The molecule has 1 nitrogen and oxygen atoms in total. The highest BCUT2D eigenvalue weighted by atomic mass is 32.1. The number of benzene rings is 4. The second-order valence-corrected chi connectivity index (χ2v) is 11.3. The average molecular weight is 528 g/mol. The first-order valence-electron chi connectivity index (χ1n) is 13.8. The molecule has 188 valence electrons. The number of thiophene rings is 1. The van der Waals surface area contributed by atoms with Gasteiger partial charge < -0.3 is 4.57 Å². The number of hydrogen-bond acceptors (Lipinski definition) is 1. The number of para-hydroxylation sites is 2. The maximum Gasteiger partial charge on any atom is 0.0548 e. The van der Waals surface area contributed by atoms with Crippen molar-refractivity contribution in [2.24, 2.45) is 0 Å². The van der Waals surface area contributed by atoms with Gasteiger partial charge in [0.1, 0.15) is 0 Å². The van der Waals surface area contributed by atoms with E-state index in [4.69, 9.17) is 0 Å². The molecule has 0 N–H and O–H groups in total. The van der Waals surface area contributed by atoms with Crippen LogP contribution in [0.3, 0.4) is 0 Å². The summed E-state index contributed by atoms with van der Waals surface area (Å²) in [6.45, 7) is 0. The quantitative estimate of drug-likeness (QED) is 0.215. The van der Waals surface area contributed by atoms with E-state index in [1.807, 2.05) is 17.4 Å². The SMILES string of the molecule is c1cccc(-c2c(-c3sc(-c4ccccc4)c4c3CCC=C4)ccc3c2c2ccccc2n3-c2ccccc2)c#1. The average Bonchev–Trinajstić information content (AvgIpc) is 3.58. The summed E-state index contributed by atoms with van der Waals surface area (Å²) in [7, 11) is 0. The molecular weight excluding hydrogens is 502 g/mol. The number of hydrogen-bond donors (Lipinski definition) is 0. The summed E-state index contributed by atoms with van der Waals surface area (Å²) < 4.78 is 2.40. The van der Waals surface area contributed by atoms with Crippen molar-refractivity contribution in [1.82, 2.24) is 4.57 Å². The fourth-order valence-electron chi connectivity index (χ4n) is 6.24. The van der Waals surface area contributed by atoms with Crippen LogP contribution in [0, 0.1) is 12.1 Å². The fraction of sp³-hybridized carbons (Fsp3) is 0.0526. The van der Waals surface area contributed by atoms with Gasteiger partial charge in [-0.25, -0.2) is 0 Å². The fourth-order valence-corrected chi connectivity index (χ4v) is 7.61. The predicted molar refractivity (Wildman–Crippen MR) is 170 cm³/mol. The molecule has 0 unspecified atom stereocenters. The van der Waals surface area contributed by atoms with Crippen LogP contribution in [0.5, 0.6) is 0 Å². The van der Waals surface area contributed by atoms with E-state index in [9.17, 15) is 0 Å². The van der Waals surface area contributed by atoms with Crippen molar-refractivity contribution in [3.8, 4) is 37.7 Å². The minimum Gasteiger partial charge on any atom is -0.309 e. The molecule has 0 radical (unpaired) electrons. The molecule has 8 rings (SSSR count). The Balaban J connectivity index is 1.50. The molecule has 0 spiro atoms. The van der Waals surface area contributed by atoms with Gasteiger partial charge in [0.15, 0.2) is 0 Å². The maximum atomic E-state index is 3.48. The van der Waals surface area contributed by atoms with Gasteiger partial charge in [-0.3, -0.25) is 0 Å². The van der Waals surface area contributed by atoms with Crippen LogP contribution in [0.25, 0.3) is 65.6 Å². The highest BCUT2D eigenvalue weighted by molar-refractivity contribution is 7.19. The molecular formula is C38H25NS. The molecule has 0 amide bonds. The zero-order valence-corrected chi connectivity index (χ0v) is 22.7. The third-order valence-corrected chi connectivity index (χ3v) is 9.28. The Morgan fingerprint density at radius 2 is 1.50 bits per heavy atom. The van der Waals surface area contributed by atoms with E-state index in [1.165, 1.54) is 65.1 Å². The van der Waals surface area contributed by atoms with Crippen molar-refractivity contribution in [2.75, 3.05) is 0 Å². The number of allylic oxidation sites excluding steroid dienone is 1. The van der Waals surface area contributed by atoms with Gasteiger partial charge in [0.25, 0.3) is 0 Å². The Morgan fingerprint density at radius 3 is 2.33 bits per heavy atom. The maximum absolute atomic E-state index is 3.48. The number of rotatable bonds is 4. The molecule has 2 heteroatoms. The first-order valence-corrected chi connectivity index (χ1v) is 14.6. The molecule has 0 aliphatic heterocycles. The van der Waals surface area contributed by atoms with Gasteiger partial charge in [0.2, 0.25) is 0 Å². The Labute approximate surface area is 238 Å². The third-order valence-electron chi connectivity index (χ3n) is 7.95. The van der Waals surface area contributed by atoms with E-state index >= 15 is 0 Å². The molecule has 1 aliphatic rings. The van der Waals surface area contributed by atoms with Crippen molar-refractivity contribution in [2.45, 2.75) is 12.8 Å². The molecule has 7 aromatic rings. The van der Waals surface area contributed by atoms with Gasteiger partial charge in [-0.1, -0.05) is 103 Å². The molecule has 1 aliphatic carbocycles. The molecule has 0 bridgehead atoms. The van der Waals surface area contributed by atoms with Crippen LogP contribution in [0.4, 0.5) is 0 Å². The summed E-state index contributed by atoms with van der Waals surface area (Å²) in [5.74, 6) is 0. The van der Waals surface area contributed by atoms with Crippen LogP contribution in [-0.4, -0.2) is 4.57 Å². The van der Waals surface area contributed by atoms with E-state index < -0.39 is 0 Å². The monoisotopic (exact) mass is 527 g/mol. The van der Waals surface area contributed by atoms with Gasteiger partial charge in [-0.05, 0) is 65.9 Å². The van der Waals surface area contributed by atoms with Gasteiger partial charge in [-0.2, -0.15) is 0 Å². The minimum absolute atomic E-state index is 1.05. The summed E-state index contributed by atoms with van der Waals surface area (Å²) in [4.78, 5) is 2.71. The van der Waals surface area contributed by atoms with E-state index in [0.29, 0.717) is 0 Å². The van der Waals surface area contributed by atoms with Crippen LogP contribution in [0.1, 0.15) is 17.5 Å². The molecule has 40 heavy (non-hydrogen) atoms. The Morgan fingerprint density at radius 1 is 0.700 bits per heavy atom. The lowest BCUT2D eigenvalue weighted by atomic mass is 9.89. The topological polar surface area (TPSA) is 4.93 Å². The second-order valence-electron chi connectivity index (χ2n) is 10.2. The van der Waals surface area contributed by atoms with Crippen LogP contribution in [0.15, 0.2) is 121 Å². The van der Waals surface area contributed by atoms with Crippen LogP contribution in [0.2, 0.25) is 0 Å². The molecule has 0 atom stereocenters. The second kappa shape index (κ2) is 9.42. The van der Waals surface area contributed by atoms with Crippen LogP contribution in [-0.2, 0) is 6.42 Å². The highest BCUT2D eigenvalue weighted by Gasteiger charge is 2.25. The first-order chi connectivity index (χ1) is 19.9. The van der Waals surface area contributed by atoms with E-state index in [2.05, 4.69) is 138 Å². The largest absolute Gasteiger partial charge is 0.309 e. The molecule has 5 aromatic carbocycles. The Kier molecular flexibility index (Phi) is 5.43. The molecule has 0 saturated carbocycles. The molecule has 0 saturated heterocycles. The van der Waals surface area contributed by atoms with Crippen molar-refractivity contribution < 1.29 is 0 Å². The van der Waals surface area contributed by atoms with Crippen molar-refractivity contribution in [1.29, 1.82) is 0 Å². The van der Waals surface area contributed by atoms with Gasteiger partial charge in [0.05, 0.1) is 11.0 Å². The zero-order chi connectivity index (χ0) is 26.5. The third kappa shape index (κ3) is 3.56. The van der Waals surface area contributed by atoms with Crippen LogP contribution < -0.4 is 0 Å². The summed E-state index contributed by atoms with van der Waals surface area (Å²) in [6.07, 6.45) is 6.78. The minimum atomic E-state index is 1.05. The standard InChI is InChI=1S/C38H25NS/c1-4-14-26(15-5-1)35-32(38-30-21-11-10-20-29(30)37(40-38)27-16-6-2-7-17-27)24-25-34-36(35)31-22-12-13-23-33(31)39(34)28-18-8-3-9-19-28/h1-4,6-10,12-14,16-20,22-25H,11,21H2. The summed E-state index contributed by atoms with van der Waals surface area (Å²) in [5, 5.41) is 2.52. The summed E-state index contributed by atoms with van der Waals surface area (Å²) in [5.41, 5.74) is 11.3. The van der Waals surface area contributed by atoms with Gasteiger partial charge >= 0.3 is 0 Å². The lowest BCUT2D eigenvalue weighted by Gasteiger charge is -2.14. The summed E-state index contributed by atoms with van der Waals surface area (Å²) in [6, 6.07) is 47.9. The molecule has 0 fully saturated rings. The van der Waals surface area contributed by atoms with E-state index in [1.54, 1.807) is 0 Å². The lowest BCUT2D eigenvalue weighted by molar-refractivity contribution is 0.996. The molecule has 2 heterocycles. The molecule has 2 aromatic heterocycles. The normalized spacial score (nSPS) is 12.5. The summed E-state index contributed by atoms with van der Waals surface area (Å²) >= 11 is 1.93. The van der Waals surface area contributed by atoms with Crippen LogP contribution >= 0.6 is 11.3 Å².